The predicted molar refractivity (Wildman–Crippen MR) is 67.7 cm³/mol. The van der Waals surface area contributed by atoms with Gasteiger partial charge in [-0.15, -0.1) is 0 Å². The number of rotatable bonds is 2. The molecule has 0 amide bonds. The molecule has 1 unspecified atom stereocenters. The summed E-state index contributed by atoms with van der Waals surface area (Å²) < 4.78 is 11.1. The summed E-state index contributed by atoms with van der Waals surface area (Å²) in [7, 11) is 1.92. The lowest BCUT2D eigenvalue weighted by molar-refractivity contribution is -0.0935. The van der Waals surface area contributed by atoms with Crippen LogP contribution in [-0.4, -0.2) is 36.8 Å². The predicted octanol–water partition coefficient (Wildman–Crippen LogP) is 1.48. The van der Waals surface area contributed by atoms with E-state index in [4.69, 9.17) is 9.47 Å². The van der Waals surface area contributed by atoms with Crippen molar-refractivity contribution in [2.45, 2.75) is 31.8 Å². The SMILES string of the molecule is CNc1nc(C2COCCO2)nc2c1CCCC2. The average Bonchev–Trinajstić information content (AvgIpc) is 2.47. The van der Waals surface area contributed by atoms with Crippen molar-refractivity contribution < 1.29 is 9.47 Å². The molecule has 1 atom stereocenters. The molecule has 1 N–H and O–H groups in total. The molecule has 2 aliphatic rings. The van der Waals surface area contributed by atoms with E-state index in [1.54, 1.807) is 0 Å². The van der Waals surface area contributed by atoms with Crippen molar-refractivity contribution in [1.29, 1.82) is 0 Å². The average molecular weight is 249 g/mol. The second kappa shape index (κ2) is 5.20. The Morgan fingerprint density at radius 3 is 2.83 bits per heavy atom. The smallest absolute Gasteiger partial charge is 0.162 e. The van der Waals surface area contributed by atoms with Crippen molar-refractivity contribution in [2.75, 3.05) is 32.2 Å². The Labute approximate surface area is 107 Å². The maximum atomic E-state index is 5.68. The van der Waals surface area contributed by atoms with Gasteiger partial charge in [-0.25, -0.2) is 9.97 Å². The minimum Gasteiger partial charge on any atom is -0.376 e. The van der Waals surface area contributed by atoms with Crippen LogP contribution in [0.5, 0.6) is 0 Å². The highest BCUT2D eigenvalue weighted by molar-refractivity contribution is 5.47. The van der Waals surface area contributed by atoms with Crippen LogP contribution in [0.2, 0.25) is 0 Å². The van der Waals surface area contributed by atoms with E-state index in [1.807, 2.05) is 7.05 Å². The zero-order valence-corrected chi connectivity index (χ0v) is 10.7. The number of aryl methyl sites for hydroxylation is 1. The van der Waals surface area contributed by atoms with Crippen molar-refractivity contribution in [2.24, 2.45) is 0 Å². The number of nitrogens with one attached hydrogen (secondary N) is 1. The molecular weight excluding hydrogens is 230 g/mol. The second-order valence-corrected chi connectivity index (χ2v) is 4.75. The summed E-state index contributed by atoms with van der Waals surface area (Å²) in [5.41, 5.74) is 2.47. The molecule has 1 aliphatic heterocycles. The number of ether oxygens (including phenoxy) is 2. The van der Waals surface area contributed by atoms with Crippen LogP contribution in [0.4, 0.5) is 5.82 Å². The topological polar surface area (TPSA) is 56.3 Å². The van der Waals surface area contributed by atoms with Gasteiger partial charge in [0.25, 0.3) is 0 Å². The van der Waals surface area contributed by atoms with Crippen LogP contribution in [0.25, 0.3) is 0 Å². The second-order valence-electron chi connectivity index (χ2n) is 4.75. The Balaban J connectivity index is 1.94. The third-order valence-electron chi connectivity index (χ3n) is 3.54. The number of hydrogen-bond donors (Lipinski definition) is 1. The fourth-order valence-corrected chi connectivity index (χ4v) is 2.60. The fourth-order valence-electron chi connectivity index (χ4n) is 2.60. The Morgan fingerprint density at radius 1 is 1.17 bits per heavy atom. The van der Waals surface area contributed by atoms with Gasteiger partial charge >= 0.3 is 0 Å². The first-order valence-corrected chi connectivity index (χ1v) is 6.65. The van der Waals surface area contributed by atoms with Crippen molar-refractivity contribution in [3.63, 3.8) is 0 Å². The van der Waals surface area contributed by atoms with E-state index in [2.05, 4.69) is 15.3 Å². The van der Waals surface area contributed by atoms with Crippen LogP contribution in [0.1, 0.15) is 36.0 Å². The first-order chi connectivity index (χ1) is 8.88. The molecule has 1 aromatic rings. The molecule has 0 spiro atoms. The van der Waals surface area contributed by atoms with Gasteiger partial charge in [-0.05, 0) is 25.7 Å². The lowest BCUT2D eigenvalue weighted by Gasteiger charge is -2.24. The molecule has 5 heteroatoms. The van der Waals surface area contributed by atoms with Crippen molar-refractivity contribution in [3.05, 3.63) is 17.1 Å². The molecule has 3 rings (SSSR count). The highest BCUT2D eigenvalue weighted by atomic mass is 16.6. The van der Waals surface area contributed by atoms with Gasteiger partial charge in [0.15, 0.2) is 5.82 Å². The van der Waals surface area contributed by atoms with Crippen LogP contribution >= 0.6 is 0 Å². The molecular formula is C13H19N3O2. The minimum absolute atomic E-state index is 0.113. The number of anilines is 1. The number of hydrogen-bond acceptors (Lipinski definition) is 5. The fraction of sp³-hybridized carbons (Fsp3) is 0.692. The minimum atomic E-state index is -0.113. The number of fused-ring (bicyclic) bond motifs is 1. The lowest BCUT2D eigenvalue weighted by atomic mass is 9.96. The molecule has 98 valence electrons. The van der Waals surface area contributed by atoms with Crippen LogP contribution < -0.4 is 5.32 Å². The monoisotopic (exact) mass is 249 g/mol. The third kappa shape index (κ3) is 2.20. The van der Waals surface area contributed by atoms with Gasteiger partial charge in [-0.2, -0.15) is 0 Å². The van der Waals surface area contributed by atoms with Crippen molar-refractivity contribution in [1.82, 2.24) is 9.97 Å². The molecule has 18 heavy (non-hydrogen) atoms. The van der Waals surface area contributed by atoms with Gasteiger partial charge < -0.3 is 14.8 Å². The molecule has 0 aromatic carbocycles. The zero-order chi connectivity index (χ0) is 12.4. The van der Waals surface area contributed by atoms with Crippen LogP contribution in [0, 0.1) is 0 Å². The van der Waals surface area contributed by atoms with E-state index >= 15 is 0 Å². The first kappa shape index (κ1) is 11.9. The molecule has 0 radical (unpaired) electrons. The van der Waals surface area contributed by atoms with E-state index in [0.717, 1.165) is 24.5 Å². The highest BCUT2D eigenvalue weighted by Crippen LogP contribution is 2.28. The Bertz CT molecular complexity index is 413. The van der Waals surface area contributed by atoms with E-state index in [0.29, 0.717) is 19.8 Å². The van der Waals surface area contributed by atoms with Gasteiger partial charge in [-0.1, -0.05) is 0 Å². The first-order valence-electron chi connectivity index (χ1n) is 6.65. The van der Waals surface area contributed by atoms with Gasteiger partial charge in [-0.3, -0.25) is 0 Å². The van der Waals surface area contributed by atoms with Gasteiger partial charge in [0.2, 0.25) is 0 Å². The summed E-state index contributed by atoms with van der Waals surface area (Å²) in [5, 5.41) is 3.19. The maximum Gasteiger partial charge on any atom is 0.162 e. The zero-order valence-electron chi connectivity index (χ0n) is 10.7. The number of nitrogens with zero attached hydrogens (tertiary/aromatic N) is 2. The molecule has 1 aromatic heterocycles. The van der Waals surface area contributed by atoms with Crippen molar-refractivity contribution >= 4 is 5.82 Å². The summed E-state index contributed by atoms with van der Waals surface area (Å²) in [5.74, 6) is 1.73. The summed E-state index contributed by atoms with van der Waals surface area (Å²) in [6, 6.07) is 0. The van der Waals surface area contributed by atoms with Gasteiger partial charge in [0.05, 0.1) is 19.8 Å². The third-order valence-corrected chi connectivity index (χ3v) is 3.54. The normalized spacial score (nSPS) is 23.5. The van der Waals surface area contributed by atoms with Crippen LogP contribution in [-0.2, 0) is 22.3 Å². The summed E-state index contributed by atoms with van der Waals surface area (Å²) in [6.07, 6.45) is 4.46. The molecule has 1 aliphatic carbocycles. The maximum absolute atomic E-state index is 5.68. The van der Waals surface area contributed by atoms with Gasteiger partial charge in [0.1, 0.15) is 11.9 Å². The van der Waals surface area contributed by atoms with E-state index in [9.17, 15) is 0 Å². The highest BCUT2D eigenvalue weighted by Gasteiger charge is 2.24. The van der Waals surface area contributed by atoms with Crippen molar-refractivity contribution in [3.8, 4) is 0 Å². The Hall–Kier alpha value is -1.20. The lowest BCUT2D eigenvalue weighted by Crippen LogP contribution is -2.25. The standard InChI is InChI=1S/C13H19N3O2/c1-14-12-9-4-2-3-5-10(9)15-13(16-12)11-8-17-6-7-18-11/h11H,2-8H2,1H3,(H,14,15,16). The Kier molecular flexibility index (Phi) is 3.43. The summed E-state index contributed by atoms with van der Waals surface area (Å²) >= 11 is 0. The van der Waals surface area contributed by atoms with Crippen LogP contribution in [0.15, 0.2) is 0 Å². The Morgan fingerprint density at radius 2 is 2.06 bits per heavy atom. The number of aromatic nitrogens is 2. The molecule has 1 fully saturated rings. The van der Waals surface area contributed by atoms with E-state index < -0.39 is 0 Å². The summed E-state index contributed by atoms with van der Waals surface area (Å²) in [4.78, 5) is 9.29. The van der Waals surface area contributed by atoms with Crippen LogP contribution in [0.3, 0.4) is 0 Å². The van der Waals surface area contributed by atoms with Gasteiger partial charge in [0, 0.05) is 18.3 Å². The molecule has 1 saturated heterocycles. The molecule has 0 bridgehead atoms. The van der Waals surface area contributed by atoms with E-state index in [-0.39, 0.29) is 6.10 Å². The molecule has 2 heterocycles. The quantitative estimate of drug-likeness (QED) is 0.860. The van der Waals surface area contributed by atoms with E-state index in [1.165, 1.54) is 24.1 Å². The largest absolute Gasteiger partial charge is 0.376 e. The summed E-state index contributed by atoms with van der Waals surface area (Å²) in [6.45, 7) is 1.85. The molecule has 0 saturated carbocycles. The molecule has 5 nitrogen and oxygen atoms in total.